The second-order valence-electron chi connectivity index (χ2n) is 11.3. The molecule has 8 nitrogen and oxygen atoms in total. The normalized spacial score (nSPS) is 33.6. The Kier molecular flexibility index (Phi) is 7.49. The van der Waals surface area contributed by atoms with E-state index in [9.17, 15) is 19.5 Å². The summed E-state index contributed by atoms with van der Waals surface area (Å²) in [6.07, 6.45) is 2.28. The van der Waals surface area contributed by atoms with Crippen molar-refractivity contribution in [3.63, 3.8) is 0 Å². The van der Waals surface area contributed by atoms with E-state index in [0.717, 1.165) is 18.4 Å². The fourth-order valence-electron chi connectivity index (χ4n) is 6.73. The molecule has 3 unspecified atom stereocenters. The molecule has 3 aliphatic rings. The molecule has 1 spiro atoms. The van der Waals surface area contributed by atoms with Gasteiger partial charge in [-0.05, 0) is 37.2 Å². The molecule has 1 aromatic rings. The second kappa shape index (κ2) is 10.1. The fraction of sp³-hybridized carbons (Fsp3) is 0.679. The van der Waals surface area contributed by atoms with E-state index < -0.39 is 35.1 Å². The number of nitrogens with one attached hydrogen (secondary N) is 2. The lowest BCUT2D eigenvalue weighted by Crippen LogP contribution is -2.59. The zero-order valence-electron chi connectivity index (χ0n) is 22.1. The van der Waals surface area contributed by atoms with E-state index in [1.807, 2.05) is 58.0 Å². The summed E-state index contributed by atoms with van der Waals surface area (Å²) in [5.41, 5.74) is -0.990. The molecule has 0 aromatic heterocycles. The van der Waals surface area contributed by atoms with Crippen molar-refractivity contribution in [2.24, 2.45) is 23.7 Å². The first-order chi connectivity index (χ1) is 17.1. The van der Waals surface area contributed by atoms with Crippen LogP contribution in [0.25, 0.3) is 0 Å². The summed E-state index contributed by atoms with van der Waals surface area (Å²) >= 11 is 0. The largest absolute Gasteiger partial charge is 0.394 e. The van der Waals surface area contributed by atoms with Crippen molar-refractivity contribution in [1.29, 1.82) is 0 Å². The number of likely N-dealkylation sites (tertiary alicyclic amines) is 1. The zero-order chi connectivity index (χ0) is 26.3. The summed E-state index contributed by atoms with van der Waals surface area (Å²) in [6.45, 7) is 10.5. The molecule has 2 bridgehead atoms. The standard InChI is InChI=1S/C28H41N3O5/c1-6-7-13-29-25(34)23-28-14-18(4)27(5,36-28)21(24(33)30-15-19-11-9-8-10-12-19)22(28)26(35)31(23)20(16-32)17(2)3/h8-12,17-18,20-23,32H,6-7,13-16H2,1-5H3,(H,29,34)(H,30,33)/t18?,20-,21+,22-,23?,27-,28?/m0/s1. The minimum atomic E-state index is -1.10. The van der Waals surface area contributed by atoms with Gasteiger partial charge < -0.3 is 25.4 Å². The number of unbranched alkanes of at least 4 members (excludes halogenated alkanes) is 1. The van der Waals surface area contributed by atoms with E-state index in [2.05, 4.69) is 17.6 Å². The number of hydrogen-bond acceptors (Lipinski definition) is 5. The monoisotopic (exact) mass is 499 g/mol. The van der Waals surface area contributed by atoms with E-state index >= 15 is 0 Å². The van der Waals surface area contributed by atoms with Gasteiger partial charge in [0.2, 0.25) is 17.7 Å². The molecule has 198 valence electrons. The minimum Gasteiger partial charge on any atom is -0.394 e. The highest BCUT2D eigenvalue weighted by Gasteiger charge is 2.80. The highest BCUT2D eigenvalue weighted by Crippen LogP contribution is 2.65. The van der Waals surface area contributed by atoms with E-state index in [1.54, 1.807) is 4.90 Å². The van der Waals surface area contributed by atoms with Crippen molar-refractivity contribution in [3.8, 4) is 0 Å². The van der Waals surface area contributed by atoms with E-state index in [0.29, 0.717) is 19.5 Å². The Morgan fingerprint density at radius 1 is 1.19 bits per heavy atom. The van der Waals surface area contributed by atoms with Crippen LogP contribution in [0.1, 0.15) is 59.4 Å². The molecule has 3 aliphatic heterocycles. The Hall–Kier alpha value is -2.45. The number of aliphatic hydroxyl groups excluding tert-OH is 1. The van der Waals surface area contributed by atoms with Gasteiger partial charge >= 0.3 is 0 Å². The number of benzene rings is 1. The third-order valence-electron chi connectivity index (χ3n) is 8.74. The molecule has 3 amide bonds. The molecule has 0 aliphatic carbocycles. The Labute approximate surface area is 214 Å². The Morgan fingerprint density at radius 2 is 1.89 bits per heavy atom. The molecule has 7 atom stereocenters. The van der Waals surface area contributed by atoms with Crippen molar-refractivity contribution in [2.45, 2.75) is 83.7 Å². The van der Waals surface area contributed by atoms with E-state index in [-0.39, 0.29) is 36.2 Å². The summed E-state index contributed by atoms with van der Waals surface area (Å²) in [4.78, 5) is 43.1. The quantitative estimate of drug-likeness (QED) is 0.428. The van der Waals surface area contributed by atoms with Gasteiger partial charge in [0, 0.05) is 13.1 Å². The highest BCUT2D eigenvalue weighted by atomic mass is 16.5. The Morgan fingerprint density at radius 3 is 2.50 bits per heavy atom. The van der Waals surface area contributed by atoms with Gasteiger partial charge in [0.25, 0.3) is 0 Å². The molecule has 36 heavy (non-hydrogen) atoms. The van der Waals surface area contributed by atoms with Crippen molar-refractivity contribution in [1.82, 2.24) is 15.5 Å². The number of fused-ring (bicyclic) bond motifs is 1. The number of nitrogens with zero attached hydrogens (tertiary/aromatic N) is 1. The summed E-state index contributed by atoms with van der Waals surface area (Å²) in [5.74, 6) is -2.36. The Bertz CT molecular complexity index is 985. The maximum atomic E-state index is 14.1. The molecule has 0 saturated carbocycles. The van der Waals surface area contributed by atoms with Crippen molar-refractivity contribution < 1.29 is 24.2 Å². The SMILES string of the molecule is CCCCNC(=O)C1N([C@@H](CO)C(C)C)C(=O)[C@@H]2[C@H](C(=O)NCc3ccccc3)[C@@]3(C)OC12CC3C. The third kappa shape index (κ3) is 4.12. The van der Waals surface area contributed by atoms with Crippen LogP contribution in [0.2, 0.25) is 0 Å². The highest BCUT2D eigenvalue weighted by molar-refractivity contribution is 5.99. The molecule has 3 saturated heterocycles. The van der Waals surface area contributed by atoms with Crippen LogP contribution in [0.15, 0.2) is 30.3 Å². The molecule has 0 radical (unpaired) electrons. The predicted octanol–water partition coefficient (Wildman–Crippen LogP) is 2.25. The van der Waals surface area contributed by atoms with Gasteiger partial charge in [-0.1, -0.05) is 64.4 Å². The Balaban J connectivity index is 1.71. The van der Waals surface area contributed by atoms with Gasteiger partial charge in [-0.25, -0.2) is 0 Å². The van der Waals surface area contributed by atoms with E-state index in [4.69, 9.17) is 4.74 Å². The minimum absolute atomic E-state index is 0.0217. The van der Waals surface area contributed by atoms with Crippen molar-refractivity contribution in [3.05, 3.63) is 35.9 Å². The fourth-order valence-corrected chi connectivity index (χ4v) is 6.73. The smallest absolute Gasteiger partial charge is 0.245 e. The van der Waals surface area contributed by atoms with Gasteiger partial charge in [0.1, 0.15) is 11.6 Å². The third-order valence-corrected chi connectivity index (χ3v) is 8.74. The lowest BCUT2D eigenvalue weighted by atomic mass is 9.62. The van der Waals surface area contributed by atoms with Crippen molar-refractivity contribution in [2.75, 3.05) is 13.2 Å². The lowest BCUT2D eigenvalue weighted by Gasteiger charge is -2.38. The van der Waals surface area contributed by atoms with Gasteiger partial charge in [-0.3, -0.25) is 14.4 Å². The van der Waals surface area contributed by atoms with Gasteiger partial charge in [0.05, 0.1) is 30.1 Å². The number of carbonyl (C=O) groups excluding carboxylic acids is 3. The van der Waals surface area contributed by atoms with Crippen LogP contribution < -0.4 is 10.6 Å². The average molecular weight is 500 g/mol. The summed E-state index contributed by atoms with van der Waals surface area (Å²) in [6, 6.07) is 8.21. The van der Waals surface area contributed by atoms with Crippen LogP contribution in [-0.4, -0.2) is 64.2 Å². The number of aliphatic hydroxyl groups is 1. The van der Waals surface area contributed by atoms with Crippen LogP contribution >= 0.6 is 0 Å². The molecule has 3 N–H and O–H groups in total. The van der Waals surface area contributed by atoms with Crippen LogP contribution in [0.5, 0.6) is 0 Å². The van der Waals surface area contributed by atoms with Crippen LogP contribution in [-0.2, 0) is 25.7 Å². The van der Waals surface area contributed by atoms with Crippen LogP contribution in [0, 0.1) is 23.7 Å². The average Bonchev–Trinajstić information content (AvgIpc) is 3.36. The van der Waals surface area contributed by atoms with Gasteiger partial charge in [-0.2, -0.15) is 0 Å². The number of carbonyl (C=O) groups is 3. The summed E-state index contributed by atoms with van der Waals surface area (Å²) in [7, 11) is 0. The van der Waals surface area contributed by atoms with Gasteiger partial charge in [-0.15, -0.1) is 0 Å². The molecular formula is C28H41N3O5. The molecule has 8 heteroatoms. The van der Waals surface area contributed by atoms with Crippen LogP contribution in [0.4, 0.5) is 0 Å². The second-order valence-corrected chi connectivity index (χ2v) is 11.3. The number of rotatable bonds is 10. The molecule has 3 fully saturated rings. The first-order valence-corrected chi connectivity index (χ1v) is 13.3. The van der Waals surface area contributed by atoms with E-state index in [1.165, 1.54) is 0 Å². The number of ether oxygens (including phenoxy) is 1. The topological polar surface area (TPSA) is 108 Å². The van der Waals surface area contributed by atoms with Crippen LogP contribution in [0.3, 0.4) is 0 Å². The molecule has 3 heterocycles. The summed E-state index contributed by atoms with van der Waals surface area (Å²) in [5, 5.41) is 16.3. The number of hydrogen-bond donors (Lipinski definition) is 3. The first kappa shape index (κ1) is 26.6. The predicted molar refractivity (Wildman–Crippen MR) is 136 cm³/mol. The first-order valence-electron chi connectivity index (χ1n) is 13.3. The lowest BCUT2D eigenvalue weighted by molar-refractivity contribution is -0.152. The van der Waals surface area contributed by atoms with Gasteiger partial charge in [0.15, 0.2) is 0 Å². The maximum absolute atomic E-state index is 14.1. The maximum Gasteiger partial charge on any atom is 0.245 e. The zero-order valence-corrected chi connectivity index (χ0v) is 22.1. The molecular weight excluding hydrogens is 458 g/mol. The molecule has 4 rings (SSSR count). The van der Waals surface area contributed by atoms with Crippen molar-refractivity contribution >= 4 is 17.7 Å². The number of amides is 3. The summed E-state index contributed by atoms with van der Waals surface area (Å²) < 4.78 is 6.72. The molecule has 1 aromatic carbocycles.